The molecule has 1 N–H and O–H groups in total. The third-order valence-corrected chi connectivity index (χ3v) is 5.18. The zero-order chi connectivity index (χ0) is 22.5. The molecule has 31 heavy (non-hydrogen) atoms. The first-order chi connectivity index (χ1) is 14.8. The van der Waals surface area contributed by atoms with E-state index in [2.05, 4.69) is 12.2 Å². The standard InChI is InChI=1S/C26H33NO4/c1-6-7-10-16-26(24(28)31-25(2,3)4,27-20-13-11-14-21(18-20)29-5)23-17-19-12-8-9-15-22(19)30-23/h8-9,11-15,17-18,27H,6-7,10,16H2,1-5H3. The Hall–Kier alpha value is -2.95. The lowest BCUT2D eigenvalue weighted by Crippen LogP contribution is -2.47. The second-order valence-corrected chi connectivity index (χ2v) is 8.87. The molecule has 2 aromatic carbocycles. The first-order valence-electron chi connectivity index (χ1n) is 10.9. The Labute approximate surface area is 184 Å². The zero-order valence-electron chi connectivity index (χ0n) is 19.2. The molecule has 5 nitrogen and oxygen atoms in total. The summed E-state index contributed by atoms with van der Waals surface area (Å²) in [5, 5.41) is 4.43. The summed E-state index contributed by atoms with van der Waals surface area (Å²) in [6, 6.07) is 17.3. The van der Waals surface area contributed by atoms with Crippen LogP contribution < -0.4 is 10.1 Å². The Morgan fingerprint density at radius 2 is 1.81 bits per heavy atom. The Bertz CT molecular complexity index is 984. The first-order valence-corrected chi connectivity index (χ1v) is 10.9. The van der Waals surface area contributed by atoms with Gasteiger partial charge < -0.3 is 19.2 Å². The van der Waals surface area contributed by atoms with Crippen molar-refractivity contribution in [2.24, 2.45) is 0 Å². The molecule has 1 unspecified atom stereocenters. The number of nitrogens with one attached hydrogen (secondary N) is 1. The number of rotatable bonds is 9. The number of carbonyl (C=O) groups is 1. The van der Waals surface area contributed by atoms with Crippen LogP contribution >= 0.6 is 0 Å². The highest BCUT2D eigenvalue weighted by Crippen LogP contribution is 2.38. The van der Waals surface area contributed by atoms with Gasteiger partial charge in [0.25, 0.3) is 0 Å². The van der Waals surface area contributed by atoms with Gasteiger partial charge in [-0.15, -0.1) is 0 Å². The summed E-state index contributed by atoms with van der Waals surface area (Å²) >= 11 is 0. The van der Waals surface area contributed by atoms with Crippen LogP contribution in [0.15, 0.2) is 59.0 Å². The van der Waals surface area contributed by atoms with Crippen molar-refractivity contribution in [1.82, 2.24) is 0 Å². The van der Waals surface area contributed by atoms with Crippen molar-refractivity contribution in [3.63, 3.8) is 0 Å². The molecule has 0 spiro atoms. The molecule has 0 saturated carbocycles. The fraction of sp³-hybridized carbons (Fsp3) is 0.423. The second kappa shape index (κ2) is 9.46. The molecule has 0 aliphatic heterocycles. The fourth-order valence-electron chi connectivity index (χ4n) is 3.65. The van der Waals surface area contributed by atoms with Gasteiger partial charge in [0, 0.05) is 17.1 Å². The van der Waals surface area contributed by atoms with Crippen molar-refractivity contribution in [1.29, 1.82) is 0 Å². The summed E-state index contributed by atoms with van der Waals surface area (Å²) in [4.78, 5) is 13.7. The minimum absolute atomic E-state index is 0.349. The van der Waals surface area contributed by atoms with Crippen molar-refractivity contribution in [2.45, 2.75) is 64.5 Å². The number of hydrogen-bond donors (Lipinski definition) is 1. The Morgan fingerprint density at radius 3 is 2.48 bits per heavy atom. The van der Waals surface area contributed by atoms with Gasteiger partial charge in [0.1, 0.15) is 22.7 Å². The topological polar surface area (TPSA) is 60.7 Å². The van der Waals surface area contributed by atoms with Crippen LogP contribution in [0.1, 0.15) is 59.1 Å². The number of carbonyl (C=O) groups excluding carboxylic acids is 1. The van der Waals surface area contributed by atoms with E-state index in [0.717, 1.165) is 35.9 Å². The number of anilines is 1. The average Bonchev–Trinajstić information content (AvgIpc) is 3.16. The van der Waals surface area contributed by atoms with Gasteiger partial charge in [0.05, 0.1) is 7.11 Å². The number of furan rings is 1. The lowest BCUT2D eigenvalue weighted by molar-refractivity contribution is -0.162. The summed E-state index contributed by atoms with van der Waals surface area (Å²) in [6.45, 7) is 7.79. The number of fused-ring (bicyclic) bond motifs is 1. The molecular formula is C26H33NO4. The molecule has 0 aliphatic rings. The van der Waals surface area contributed by atoms with E-state index in [0.29, 0.717) is 17.9 Å². The van der Waals surface area contributed by atoms with Crippen molar-refractivity contribution >= 4 is 22.6 Å². The number of unbranched alkanes of at least 4 members (excludes halogenated alkanes) is 2. The highest BCUT2D eigenvalue weighted by Gasteiger charge is 2.46. The van der Waals surface area contributed by atoms with Crippen LogP contribution in [0.3, 0.4) is 0 Å². The number of ether oxygens (including phenoxy) is 2. The van der Waals surface area contributed by atoms with Crippen molar-refractivity contribution in [2.75, 3.05) is 12.4 Å². The third kappa shape index (κ3) is 5.40. The molecular weight excluding hydrogens is 390 g/mol. The molecule has 0 radical (unpaired) electrons. The van der Waals surface area contributed by atoms with E-state index in [1.54, 1.807) is 7.11 Å². The lowest BCUT2D eigenvalue weighted by atomic mass is 9.88. The van der Waals surface area contributed by atoms with E-state index in [4.69, 9.17) is 13.9 Å². The van der Waals surface area contributed by atoms with Gasteiger partial charge in [0.2, 0.25) is 0 Å². The quantitative estimate of drug-likeness (QED) is 0.308. The summed E-state index contributed by atoms with van der Waals surface area (Å²) in [6.07, 6.45) is 3.45. The van der Waals surface area contributed by atoms with Crippen molar-refractivity contribution in [3.8, 4) is 5.75 Å². The zero-order valence-corrected chi connectivity index (χ0v) is 19.2. The summed E-state index contributed by atoms with van der Waals surface area (Å²) in [5.74, 6) is 0.918. The molecule has 3 rings (SSSR count). The van der Waals surface area contributed by atoms with Gasteiger partial charge in [-0.25, -0.2) is 4.79 Å². The largest absolute Gasteiger partial charge is 0.497 e. The smallest absolute Gasteiger partial charge is 0.340 e. The maximum atomic E-state index is 13.7. The van der Waals surface area contributed by atoms with Gasteiger partial charge in [-0.1, -0.05) is 50.5 Å². The van der Waals surface area contributed by atoms with E-state index >= 15 is 0 Å². The van der Waals surface area contributed by atoms with E-state index < -0.39 is 11.1 Å². The molecule has 0 saturated heterocycles. The number of hydrogen-bond acceptors (Lipinski definition) is 5. The Kier molecular flexibility index (Phi) is 6.94. The lowest BCUT2D eigenvalue weighted by Gasteiger charge is -2.34. The van der Waals surface area contributed by atoms with E-state index in [9.17, 15) is 4.79 Å². The van der Waals surface area contributed by atoms with Crippen LogP contribution in [0.4, 0.5) is 5.69 Å². The number of methoxy groups -OCH3 is 1. The maximum Gasteiger partial charge on any atom is 0.340 e. The highest BCUT2D eigenvalue weighted by atomic mass is 16.6. The van der Waals surface area contributed by atoms with Crippen molar-refractivity contribution < 1.29 is 18.7 Å². The molecule has 1 heterocycles. The summed E-state index contributed by atoms with van der Waals surface area (Å²) in [7, 11) is 1.63. The monoisotopic (exact) mass is 423 g/mol. The first kappa shape index (κ1) is 22.7. The van der Waals surface area contributed by atoms with Gasteiger partial charge in [0.15, 0.2) is 5.54 Å². The second-order valence-electron chi connectivity index (χ2n) is 8.87. The number of esters is 1. The molecule has 1 aromatic heterocycles. The normalized spacial score (nSPS) is 13.6. The molecule has 0 aliphatic carbocycles. The third-order valence-electron chi connectivity index (χ3n) is 5.18. The Balaban J connectivity index is 2.14. The molecule has 5 heteroatoms. The maximum absolute atomic E-state index is 13.7. The van der Waals surface area contributed by atoms with Gasteiger partial charge in [-0.05, 0) is 51.5 Å². The molecule has 3 aromatic rings. The minimum atomic E-state index is -1.16. The van der Waals surface area contributed by atoms with Crippen LogP contribution in [0, 0.1) is 0 Å². The molecule has 0 bridgehead atoms. The van der Waals surface area contributed by atoms with Gasteiger partial charge in [-0.2, -0.15) is 0 Å². The molecule has 0 amide bonds. The predicted octanol–water partition coefficient (Wildman–Crippen LogP) is 6.67. The summed E-state index contributed by atoms with van der Waals surface area (Å²) < 4.78 is 17.5. The predicted molar refractivity (Wildman–Crippen MR) is 124 cm³/mol. The SMILES string of the molecule is CCCCCC(Nc1cccc(OC)c1)(C(=O)OC(C)(C)C)c1cc2ccccc2o1. The van der Waals surface area contributed by atoms with Crippen LogP contribution in [0.2, 0.25) is 0 Å². The summed E-state index contributed by atoms with van der Waals surface area (Å²) in [5.41, 5.74) is -0.279. The fourth-order valence-corrected chi connectivity index (χ4v) is 3.65. The molecule has 166 valence electrons. The van der Waals surface area contributed by atoms with E-state index in [1.807, 2.05) is 75.4 Å². The van der Waals surface area contributed by atoms with Crippen molar-refractivity contribution in [3.05, 3.63) is 60.4 Å². The number of benzene rings is 2. The van der Waals surface area contributed by atoms with E-state index in [-0.39, 0.29) is 5.97 Å². The number of para-hydroxylation sites is 1. The molecule has 1 atom stereocenters. The minimum Gasteiger partial charge on any atom is -0.497 e. The van der Waals surface area contributed by atoms with Crippen LogP contribution in [-0.2, 0) is 15.1 Å². The van der Waals surface area contributed by atoms with Gasteiger partial charge in [-0.3, -0.25) is 0 Å². The molecule has 0 fully saturated rings. The van der Waals surface area contributed by atoms with Crippen LogP contribution in [0.25, 0.3) is 11.0 Å². The van der Waals surface area contributed by atoms with Crippen LogP contribution in [0.5, 0.6) is 5.75 Å². The van der Waals surface area contributed by atoms with E-state index in [1.165, 1.54) is 0 Å². The Morgan fingerprint density at radius 1 is 1.03 bits per heavy atom. The van der Waals surface area contributed by atoms with Crippen LogP contribution in [-0.4, -0.2) is 18.7 Å². The average molecular weight is 424 g/mol. The highest BCUT2D eigenvalue weighted by molar-refractivity contribution is 5.88. The van der Waals surface area contributed by atoms with Gasteiger partial charge >= 0.3 is 5.97 Å².